The number of terminal acetylenes is 1. The molecular formula is C18H15Cl2NO5S. The Labute approximate surface area is 170 Å². The molecule has 1 aliphatic rings. The highest BCUT2D eigenvalue weighted by molar-refractivity contribution is 8.18. The van der Waals surface area contributed by atoms with Crippen molar-refractivity contribution in [1.29, 1.82) is 0 Å². The summed E-state index contributed by atoms with van der Waals surface area (Å²) in [7, 11) is 0. The van der Waals surface area contributed by atoms with Crippen LogP contribution in [0.2, 0.25) is 10.0 Å². The molecule has 1 aromatic rings. The van der Waals surface area contributed by atoms with E-state index in [2.05, 4.69) is 5.92 Å². The number of halogens is 2. The summed E-state index contributed by atoms with van der Waals surface area (Å²) in [6, 6.07) is 2.04. The normalized spacial score (nSPS) is 16.4. The topological polar surface area (TPSA) is 72.9 Å². The van der Waals surface area contributed by atoms with Crippen molar-refractivity contribution in [2.75, 3.05) is 13.2 Å². The van der Waals surface area contributed by atoms with Crippen molar-refractivity contribution in [2.24, 2.45) is 0 Å². The average molecular weight is 428 g/mol. The zero-order chi connectivity index (χ0) is 20.1. The Kier molecular flexibility index (Phi) is 7.19. The van der Waals surface area contributed by atoms with Crippen LogP contribution in [0.25, 0.3) is 6.08 Å². The van der Waals surface area contributed by atoms with Crippen LogP contribution in [0.1, 0.15) is 19.4 Å². The number of hydrogen-bond acceptors (Lipinski definition) is 6. The largest absolute Gasteiger partial charge is 0.478 e. The van der Waals surface area contributed by atoms with E-state index in [0.717, 1.165) is 16.7 Å². The third kappa shape index (κ3) is 4.78. The molecule has 0 aliphatic carbocycles. The van der Waals surface area contributed by atoms with E-state index in [9.17, 15) is 14.4 Å². The van der Waals surface area contributed by atoms with Crippen molar-refractivity contribution in [2.45, 2.75) is 19.9 Å². The lowest BCUT2D eigenvalue weighted by Crippen LogP contribution is -2.42. The summed E-state index contributed by atoms with van der Waals surface area (Å²) < 4.78 is 10.1. The highest BCUT2D eigenvalue weighted by atomic mass is 35.5. The van der Waals surface area contributed by atoms with Gasteiger partial charge in [0.15, 0.2) is 5.75 Å². The maximum absolute atomic E-state index is 12.5. The van der Waals surface area contributed by atoms with Crippen molar-refractivity contribution >= 4 is 58.2 Å². The summed E-state index contributed by atoms with van der Waals surface area (Å²) in [6.07, 6.45) is 6.60. The fraction of sp³-hybridized carbons (Fsp3) is 0.278. The molecule has 0 saturated carbocycles. The number of esters is 1. The van der Waals surface area contributed by atoms with Crippen molar-refractivity contribution in [3.8, 4) is 18.1 Å². The number of thioether (sulfide) groups is 1. The first kappa shape index (κ1) is 21.2. The minimum atomic E-state index is -1.02. The molecule has 1 atom stereocenters. The fourth-order valence-electron chi connectivity index (χ4n) is 2.25. The molecule has 27 heavy (non-hydrogen) atoms. The van der Waals surface area contributed by atoms with E-state index in [4.69, 9.17) is 39.1 Å². The van der Waals surface area contributed by atoms with Crippen LogP contribution in [0.3, 0.4) is 0 Å². The third-order valence-electron chi connectivity index (χ3n) is 3.46. The quantitative estimate of drug-likeness (QED) is 0.388. The number of hydrogen-bond donors (Lipinski definition) is 0. The number of ether oxygens (including phenoxy) is 2. The van der Waals surface area contributed by atoms with Crippen molar-refractivity contribution in [3.63, 3.8) is 0 Å². The zero-order valence-corrected chi connectivity index (χ0v) is 16.8. The summed E-state index contributed by atoms with van der Waals surface area (Å²) in [5.41, 5.74) is 0.493. The van der Waals surface area contributed by atoms with Crippen LogP contribution in [-0.4, -0.2) is 41.3 Å². The van der Waals surface area contributed by atoms with Gasteiger partial charge in [-0.2, -0.15) is 0 Å². The van der Waals surface area contributed by atoms with Crippen LogP contribution in [-0.2, 0) is 14.3 Å². The van der Waals surface area contributed by atoms with Gasteiger partial charge in [-0.3, -0.25) is 14.5 Å². The minimum Gasteiger partial charge on any atom is -0.478 e. The molecule has 1 saturated heterocycles. The Hall–Kier alpha value is -2.14. The lowest BCUT2D eigenvalue weighted by molar-refractivity contribution is -0.150. The van der Waals surface area contributed by atoms with E-state index in [1.54, 1.807) is 6.92 Å². The lowest BCUT2D eigenvalue weighted by Gasteiger charge is -2.19. The van der Waals surface area contributed by atoms with Crippen molar-refractivity contribution in [3.05, 3.63) is 32.6 Å². The molecule has 2 amide bonds. The predicted octanol–water partition coefficient (Wildman–Crippen LogP) is 3.99. The van der Waals surface area contributed by atoms with Crippen molar-refractivity contribution < 1.29 is 23.9 Å². The Morgan fingerprint density at radius 3 is 2.56 bits per heavy atom. The maximum atomic E-state index is 12.5. The van der Waals surface area contributed by atoms with Gasteiger partial charge < -0.3 is 9.47 Å². The number of rotatable bonds is 6. The van der Waals surface area contributed by atoms with E-state index in [0.29, 0.717) is 5.56 Å². The molecule has 0 spiro atoms. The molecule has 9 heteroatoms. The molecule has 0 bridgehead atoms. The number of amides is 2. The Balaban J connectivity index is 2.28. The predicted molar refractivity (Wildman–Crippen MR) is 105 cm³/mol. The Bertz CT molecular complexity index is 839. The Morgan fingerprint density at radius 1 is 1.37 bits per heavy atom. The van der Waals surface area contributed by atoms with Crippen molar-refractivity contribution in [1.82, 2.24) is 4.90 Å². The second-order valence-corrected chi connectivity index (χ2v) is 7.09. The molecule has 1 aromatic carbocycles. The van der Waals surface area contributed by atoms with E-state index in [1.165, 1.54) is 25.1 Å². The SMILES string of the molecule is C#CCOc1c(Cl)cc(/C=C2\SC(=O)N(C(C)C(=O)OCC)C2=O)cc1Cl. The maximum Gasteiger partial charge on any atom is 0.329 e. The number of nitrogens with zero attached hydrogens (tertiary/aromatic N) is 1. The summed E-state index contributed by atoms with van der Waals surface area (Å²) in [5, 5.41) is -0.135. The third-order valence-corrected chi connectivity index (χ3v) is 4.90. The smallest absolute Gasteiger partial charge is 0.329 e. The van der Waals surface area contributed by atoms with Gasteiger partial charge >= 0.3 is 5.97 Å². The highest BCUT2D eigenvalue weighted by Gasteiger charge is 2.41. The second kappa shape index (κ2) is 9.18. The molecule has 0 radical (unpaired) electrons. The zero-order valence-electron chi connectivity index (χ0n) is 14.5. The van der Waals surface area contributed by atoms with Crippen LogP contribution in [0.15, 0.2) is 17.0 Å². The summed E-state index contributed by atoms with van der Waals surface area (Å²) in [5.74, 6) is 1.30. The molecule has 1 unspecified atom stereocenters. The number of benzene rings is 1. The molecule has 1 fully saturated rings. The van der Waals surface area contributed by atoms with Crippen LogP contribution < -0.4 is 4.74 Å². The van der Waals surface area contributed by atoms with Gasteiger partial charge in [-0.1, -0.05) is 29.1 Å². The standard InChI is InChI=1S/C18H15Cl2NO5S/c1-4-6-26-15-12(19)7-11(8-13(15)20)9-14-16(22)21(18(24)27-14)10(3)17(23)25-5-2/h1,7-10H,5-6H2,2-3H3/b14-9-. The van der Waals surface area contributed by atoms with Crippen LogP contribution in [0.4, 0.5) is 4.79 Å². The first-order valence-corrected chi connectivity index (χ1v) is 9.36. The van der Waals surface area contributed by atoms with Gasteiger partial charge in [0.2, 0.25) is 0 Å². The molecule has 0 aromatic heterocycles. The minimum absolute atomic E-state index is 0.00340. The Morgan fingerprint density at radius 2 is 2.00 bits per heavy atom. The van der Waals surface area contributed by atoms with Gasteiger partial charge in [0.25, 0.3) is 11.1 Å². The molecule has 142 valence electrons. The summed E-state index contributed by atoms with van der Waals surface area (Å²) in [6.45, 7) is 3.23. The molecule has 0 N–H and O–H groups in total. The molecule has 6 nitrogen and oxygen atoms in total. The van der Waals surface area contributed by atoms with Gasteiger partial charge in [-0.15, -0.1) is 6.42 Å². The van der Waals surface area contributed by atoms with Gasteiger partial charge in [0.1, 0.15) is 12.6 Å². The van der Waals surface area contributed by atoms with E-state index in [-0.39, 0.29) is 33.9 Å². The number of imide groups is 1. The van der Waals surface area contributed by atoms with Gasteiger partial charge in [0.05, 0.1) is 21.6 Å². The van der Waals surface area contributed by atoms with E-state index < -0.39 is 23.2 Å². The summed E-state index contributed by atoms with van der Waals surface area (Å²) >= 11 is 13.0. The molecule has 1 aliphatic heterocycles. The van der Waals surface area contributed by atoms with E-state index >= 15 is 0 Å². The number of carbonyl (C=O) groups excluding carboxylic acids is 3. The van der Waals surface area contributed by atoms with Gasteiger partial charge in [-0.25, -0.2) is 4.79 Å². The van der Waals surface area contributed by atoms with E-state index in [1.807, 2.05) is 0 Å². The number of carbonyl (C=O) groups is 3. The van der Waals surface area contributed by atoms with Gasteiger partial charge in [0, 0.05) is 0 Å². The monoisotopic (exact) mass is 427 g/mol. The first-order valence-electron chi connectivity index (χ1n) is 7.79. The first-order chi connectivity index (χ1) is 12.8. The second-order valence-electron chi connectivity index (χ2n) is 5.29. The van der Waals surface area contributed by atoms with Gasteiger partial charge in [-0.05, 0) is 49.4 Å². The van der Waals surface area contributed by atoms with Crippen LogP contribution >= 0.6 is 35.0 Å². The lowest BCUT2D eigenvalue weighted by atomic mass is 10.2. The summed E-state index contributed by atoms with van der Waals surface area (Å²) in [4.78, 5) is 37.6. The molecule has 1 heterocycles. The fourth-order valence-corrected chi connectivity index (χ4v) is 3.77. The highest BCUT2D eigenvalue weighted by Crippen LogP contribution is 2.38. The molecular weight excluding hydrogens is 413 g/mol. The van der Waals surface area contributed by atoms with Crippen LogP contribution in [0.5, 0.6) is 5.75 Å². The molecule has 2 rings (SSSR count). The average Bonchev–Trinajstić information content (AvgIpc) is 2.87. The van der Waals surface area contributed by atoms with Crippen LogP contribution in [0, 0.1) is 12.3 Å².